The Balaban J connectivity index is 2.11. The molecule has 1 N–H and O–H groups in total. The van der Waals surface area contributed by atoms with E-state index >= 15 is 0 Å². The van der Waals surface area contributed by atoms with Gasteiger partial charge in [-0.15, -0.1) is 0 Å². The van der Waals surface area contributed by atoms with Gasteiger partial charge in [-0.25, -0.2) is 0 Å². The molecule has 0 spiro atoms. The predicted octanol–water partition coefficient (Wildman–Crippen LogP) is 2.39. The molecule has 0 unspecified atom stereocenters. The fraction of sp³-hybridized carbons (Fsp3) is 0.154. The summed E-state index contributed by atoms with van der Waals surface area (Å²) in [7, 11) is 0. The van der Waals surface area contributed by atoms with E-state index in [-0.39, 0.29) is 17.8 Å². The van der Waals surface area contributed by atoms with Crippen molar-refractivity contribution in [2.75, 3.05) is 0 Å². The molecule has 21 heavy (non-hydrogen) atoms. The Morgan fingerprint density at radius 1 is 1.38 bits per heavy atom. The molecule has 108 valence electrons. The minimum Gasteiger partial charge on any atom is -0.346 e. The van der Waals surface area contributed by atoms with Gasteiger partial charge in [-0.3, -0.25) is 24.9 Å². The van der Waals surface area contributed by atoms with Gasteiger partial charge in [0.25, 0.3) is 11.6 Å². The van der Waals surface area contributed by atoms with Gasteiger partial charge in [0.1, 0.15) is 0 Å². The molecule has 2 rings (SSSR count). The molecule has 0 bridgehead atoms. The molecule has 0 aliphatic heterocycles. The summed E-state index contributed by atoms with van der Waals surface area (Å²) in [5.41, 5.74) is 1.45. The van der Waals surface area contributed by atoms with Crippen LogP contribution in [0.3, 0.4) is 0 Å². The normalized spacial score (nSPS) is 10.2. The van der Waals surface area contributed by atoms with Gasteiger partial charge in [-0.1, -0.05) is 0 Å². The van der Waals surface area contributed by atoms with Gasteiger partial charge < -0.3 is 5.32 Å². The highest BCUT2D eigenvalue weighted by Gasteiger charge is 2.15. The lowest BCUT2D eigenvalue weighted by Crippen LogP contribution is -2.24. The number of aryl methyl sites for hydroxylation is 1. The third-order valence-corrected chi connectivity index (χ3v) is 3.36. The number of hydrogen-bond donors (Lipinski definition) is 1. The zero-order valence-electron chi connectivity index (χ0n) is 11.0. The number of aromatic nitrogens is 2. The van der Waals surface area contributed by atoms with Crippen LogP contribution in [0.5, 0.6) is 0 Å². The first kappa shape index (κ1) is 15.0. The maximum Gasteiger partial charge on any atom is 0.270 e. The molecule has 7 nitrogen and oxygen atoms in total. The number of carbonyl (C=O) groups is 1. The Kier molecular flexibility index (Phi) is 4.59. The molecule has 0 radical (unpaired) electrons. The molecule has 0 aliphatic carbocycles. The molecule has 0 atom stereocenters. The standard InChI is InChI=1S/C13H11BrN4O3/c1-8-5-16-9(6-15-8)7-17-13(19)11-4-10(18(20)21)2-3-12(11)14/h2-6H,7H2,1H3,(H,17,19). The van der Waals surface area contributed by atoms with E-state index in [4.69, 9.17) is 0 Å². The van der Waals surface area contributed by atoms with Crippen LogP contribution in [-0.2, 0) is 6.54 Å². The van der Waals surface area contributed by atoms with Gasteiger partial charge in [0.2, 0.25) is 0 Å². The van der Waals surface area contributed by atoms with Gasteiger partial charge in [0, 0.05) is 22.8 Å². The number of hydrogen-bond acceptors (Lipinski definition) is 5. The van der Waals surface area contributed by atoms with E-state index in [0.29, 0.717) is 10.2 Å². The number of rotatable bonds is 4. The van der Waals surface area contributed by atoms with Crippen LogP contribution in [0.15, 0.2) is 35.1 Å². The fourth-order valence-corrected chi connectivity index (χ4v) is 2.00. The molecule has 0 fully saturated rings. The Labute approximate surface area is 128 Å². The summed E-state index contributed by atoms with van der Waals surface area (Å²) in [5, 5.41) is 13.4. The lowest BCUT2D eigenvalue weighted by molar-refractivity contribution is -0.384. The smallest absolute Gasteiger partial charge is 0.270 e. The van der Waals surface area contributed by atoms with Crippen molar-refractivity contribution in [1.29, 1.82) is 0 Å². The first-order valence-corrected chi connectivity index (χ1v) is 6.76. The summed E-state index contributed by atoms with van der Waals surface area (Å²) in [6, 6.07) is 4.02. The van der Waals surface area contributed by atoms with Crippen molar-refractivity contribution in [2.24, 2.45) is 0 Å². The van der Waals surface area contributed by atoms with Crippen LogP contribution in [0.1, 0.15) is 21.7 Å². The topological polar surface area (TPSA) is 98.0 Å². The number of halogens is 1. The summed E-state index contributed by atoms with van der Waals surface area (Å²) < 4.78 is 0.487. The van der Waals surface area contributed by atoms with E-state index in [1.54, 1.807) is 12.4 Å². The van der Waals surface area contributed by atoms with Crippen LogP contribution in [0.25, 0.3) is 0 Å². The Morgan fingerprint density at radius 2 is 2.14 bits per heavy atom. The van der Waals surface area contributed by atoms with Crippen LogP contribution in [0, 0.1) is 17.0 Å². The van der Waals surface area contributed by atoms with Crippen molar-refractivity contribution in [2.45, 2.75) is 13.5 Å². The molecular weight excluding hydrogens is 340 g/mol. The van der Waals surface area contributed by atoms with Crippen molar-refractivity contribution < 1.29 is 9.72 Å². The molecule has 2 aromatic rings. The van der Waals surface area contributed by atoms with Gasteiger partial charge in [-0.05, 0) is 28.9 Å². The van der Waals surface area contributed by atoms with Crippen LogP contribution < -0.4 is 5.32 Å². The summed E-state index contributed by atoms with van der Waals surface area (Å²) in [6.45, 7) is 2.01. The second kappa shape index (κ2) is 6.40. The van der Waals surface area contributed by atoms with Crippen molar-refractivity contribution in [3.05, 3.63) is 62.1 Å². The third kappa shape index (κ3) is 3.82. The number of benzene rings is 1. The maximum atomic E-state index is 12.1. The number of nitro benzene ring substituents is 1. The summed E-state index contributed by atoms with van der Waals surface area (Å²) >= 11 is 3.20. The lowest BCUT2D eigenvalue weighted by atomic mass is 10.2. The average Bonchev–Trinajstić information content (AvgIpc) is 2.46. The largest absolute Gasteiger partial charge is 0.346 e. The molecule has 0 aliphatic rings. The molecule has 1 heterocycles. The van der Waals surface area contributed by atoms with Crippen molar-refractivity contribution in [3.8, 4) is 0 Å². The van der Waals surface area contributed by atoms with Crippen LogP contribution in [0.4, 0.5) is 5.69 Å². The van der Waals surface area contributed by atoms with Crippen molar-refractivity contribution >= 4 is 27.5 Å². The molecule has 1 aromatic heterocycles. The minimum absolute atomic E-state index is 0.140. The van der Waals surface area contributed by atoms with Gasteiger partial charge in [-0.2, -0.15) is 0 Å². The molecule has 1 amide bonds. The number of amides is 1. The van der Waals surface area contributed by atoms with E-state index in [1.165, 1.54) is 18.2 Å². The van der Waals surface area contributed by atoms with Crippen molar-refractivity contribution in [3.63, 3.8) is 0 Å². The summed E-state index contributed by atoms with van der Waals surface area (Å²) in [6.07, 6.45) is 3.17. The lowest BCUT2D eigenvalue weighted by Gasteiger charge is -2.06. The minimum atomic E-state index is -0.547. The van der Waals surface area contributed by atoms with Gasteiger partial charge >= 0.3 is 0 Å². The summed E-state index contributed by atoms with van der Waals surface area (Å²) in [4.78, 5) is 30.4. The number of nitro groups is 1. The Morgan fingerprint density at radius 3 is 2.76 bits per heavy atom. The van der Waals surface area contributed by atoms with Crippen molar-refractivity contribution in [1.82, 2.24) is 15.3 Å². The predicted molar refractivity (Wildman–Crippen MR) is 78.7 cm³/mol. The quantitative estimate of drug-likeness (QED) is 0.674. The average molecular weight is 351 g/mol. The highest BCUT2D eigenvalue weighted by molar-refractivity contribution is 9.10. The monoisotopic (exact) mass is 350 g/mol. The third-order valence-electron chi connectivity index (χ3n) is 2.67. The first-order chi connectivity index (χ1) is 9.97. The van der Waals surface area contributed by atoms with E-state index in [1.807, 2.05) is 6.92 Å². The van der Waals surface area contributed by atoms with Crippen LogP contribution in [0.2, 0.25) is 0 Å². The number of non-ortho nitro benzene ring substituents is 1. The van der Waals surface area contributed by atoms with E-state index in [9.17, 15) is 14.9 Å². The number of nitrogens with zero attached hydrogens (tertiary/aromatic N) is 3. The second-order valence-corrected chi connectivity index (χ2v) is 5.11. The SMILES string of the molecule is Cc1cnc(CNC(=O)c2cc([N+](=O)[O-])ccc2Br)cn1. The molecular formula is C13H11BrN4O3. The molecule has 0 saturated heterocycles. The summed E-state index contributed by atoms with van der Waals surface area (Å²) in [5.74, 6) is -0.423. The first-order valence-electron chi connectivity index (χ1n) is 5.97. The van der Waals surface area contributed by atoms with E-state index < -0.39 is 10.8 Å². The maximum absolute atomic E-state index is 12.1. The zero-order valence-corrected chi connectivity index (χ0v) is 12.6. The highest BCUT2D eigenvalue weighted by Crippen LogP contribution is 2.22. The van der Waals surface area contributed by atoms with E-state index in [2.05, 4.69) is 31.2 Å². The molecule has 8 heteroatoms. The number of carbonyl (C=O) groups excluding carboxylic acids is 1. The second-order valence-electron chi connectivity index (χ2n) is 4.25. The van der Waals surface area contributed by atoms with E-state index in [0.717, 1.165) is 5.69 Å². The highest BCUT2D eigenvalue weighted by atomic mass is 79.9. The van der Waals surface area contributed by atoms with Gasteiger partial charge in [0.05, 0.1) is 34.6 Å². The zero-order chi connectivity index (χ0) is 15.4. The molecule has 0 saturated carbocycles. The Hall–Kier alpha value is -2.35. The van der Waals surface area contributed by atoms with Crippen LogP contribution in [-0.4, -0.2) is 20.8 Å². The number of nitrogens with one attached hydrogen (secondary N) is 1. The van der Waals surface area contributed by atoms with Crippen LogP contribution >= 0.6 is 15.9 Å². The molecule has 1 aromatic carbocycles. The Bertz CT molecular complexity index is 688. The fourth-order valence-electron chi connectivity index (χ4n) is 1.58. The van der Waals surface area contributed by atoms with Gasteiger partial charge in [0.15, 0.2) is 0 Å².